The minimum atomic E-state index is -3.13. The maximum Gasteiger partial charge on any atom is 0.314 e. The second-order valence-electron chi connectivity index (χ2n) is 1.28. The van der Waals surface area contributed by atoms with Crippen molar-refractivity contribution in [1.29, 1.82) is 0 Å². The first-order chi connectivity index (χ1) is 6.15. The number of carbonyl (C=O) groups is 1. The van der Waals surface area contributed by atoms with Crippen LogP contribution < -0.4 is 0 Å². The van der Waals surface area contributed by atoms with Gasteiger partial charge >= 0.3 is 8.25 Å². The Kier molecular flexibility index (Phi) is 14.6. The summed E-state index contributed by atoms with van der Waals surface area (Å²) in [7, 11) is -3.13. The van der Waals surface area contributed by atoms with Gasteiger partial charge in [-0.2, -0.15) is 0 Å². The van der Waals surface area contributed by atoms with Gasteiger partial charge in [0.05, 0.1) is 0 Å². The first-order valence-corrected chi connectivity index (χ1v) is 4.15. The van der Waals surface area contributed by atoms with Crippen LogP contribution in [0.15, 0.2) is 24.8 Å². The molecule has 3 N–H and O–H groups in total. The van der Waals surface area contributed by atoms with Crippen LogP contribution in [0.2, 0.25) is 0 Å². The third-order valence-corrected chi connectivity index (χ3v) is 0.478. The lowest BCUT2D eigenvalue weighted by molar-refractivity contribution is -0.122. The molecule has 1 heterocycles. The summed E-state index contributed by atoms with van der Waals surface area (Å²) in [6.45, 7) is -0.250. The molecule has 0 bridgehead atoms. The molecule has 0 aromatic carbocycles. The Morgan fingerprint density at radius 2 is 1.23 bits per heavy atom. The van der Waals surface area contributed by atoms with Gasteiger partial charge < -0.3 is 14.9 Å². The van der Waals surface area contributed by atoms with Crippen LogP contribution in [0.25, 0.3) is 0 Å². The Hall–Kier alpha value is -1.30. The highest BCUT2D eigenvalue weighted by Gasteiger charge is 1.61. The Morgan fingerprint density at radius 1 is 1.08 bits per heavy atom. The topological polar surface area (TPSA) is 121 Å². The fourth-order valence-corrected chi connectivity index (χ4v) is 0.253. The van der Waals surface area contributed by atoms with Crippen molar-refractivity contribution in [2.45, 2.75) is 0 Å². The van der Waals surface area contributed by atoms with Crippen LogP contribution in [-0.2, 0) is 9.36 Å². The van der Waals surface area contributed by atoms with Crippen molar-refractivity contribution in [3.8, 4) is 0 Å². The van der Waals surface area contributed by atoms with Gasteiger partial charge in [-0.15, -0.1) is 0 Å². The molecule has 0 aliphatic rings. The minimum Gasteiger partial charge on any atom is -0.483 e. The number of hydrogen-bond donors (Lipinski definition) is 3. The van der Waals surface area contributed by atoms with E-state index in [1.165, 1.54) is 0 Å². The minimum absolute atomic E-state index is 0.250. The van der Waals surface area contributed by atoms with Crippen molar-refractivity contribution >= 4 is 14.7 Å². The van der Waals surface area contributed by atoms with Crippen molar-refractivity contribution in [2.24, 2.45) is 0 Å². The van der Waals surface area contributed by atoms with E-state index in [9.17, 15) is 0 Å². The molecule has 0 radical (unpaired) electrons. The van der Waals surface area contributed by atoms with Crippen LogP contribution in [0.4, 0.5) is 0 Å². The van der Waals surface area contributed by atoms with Gasteiger partial charge in [-0.3, -0.25) is 19.3 Å². The first kappa shape index (κ1) is 14.2. The van der Waals surface area contributed by atoms with E-state index in [0.717, 1.165) is 0 Å². The smallest absolute Gasteiger partial charge is 0.314 e. The van der Waals surface area contributed by atoms with E-state index in [0.29, 0.717) is 0 Å². The molecule has 1 aromatic heterocycles. The second-order valence-corrected chi connectivity index (χ2v) is 1.85. The molecule has 74 valence electrons. The molecule has 0 saturated carbocycles. The number of hydrogen-bond acceptors (Lipinski definition) is 4. The van der Waals surface area contributed by atoms with Crippen molar-refractivity contribution in [2.75, 3.05) is 0 Å². The average Bonchev–Trinajstić information content (AvgIpc) is 2.08. The Bertz CT molecular complexity index is 189. The summed E-state index contributed by atoms with van der Waals surface area (Å²) < 4.78 is 8.74. The highest BCUT2D eigenvalue weighted by atomic mass is 31.1. The summed E-state index contributed by atoms with van der Waals surface area (Å²) in [5, 5.41) is 6.89. The summed E-state index contributed by atoms with van der Waals surface area (Å²) in [5.41, 5.74) is 0. The summed E-state index contributed by atoms with van der Waals surface area (Å²) >= 11 is 0. The van der Waals surface area contributed by atoms with Gasteiger partial charge in [0.15, 0.2) is 0 Å². The Balaban J connectivity index is 0. The van der Waals surface area contributed by atoms with Gasteiger partial charge in [-0.25, -0.2) is 0 Å². The number of aromatic nitrogens is 2. The predicted molar refractivity (Wildman–Crippen MR) is 44.2 cm³/mol. The predicted octanol–water partition coefficient (Wildman–Crippen LogP) is -0.462. The van der Waals surface area contributed by atoms with Gasteiger partial charge in [0.25, 0.3) is 6.47 Å². The molecule has 0 spiro atoms. The highest BCUT2D eigenvalue weighted by molar-refractivity contribution is 7.30. The van der Waals surface area contributed by atoms with E-state index in [-0.39, 0.29) is 6.47 Å². The molecule has 0 unspecified atom stereocenters. The number of rotatable bonds is 0. The SMILES string of the molecule is O=CO.O=[PH](O)O.c1cnccn1. The van der Waals surface area contributed by atoms with Crippen molar-refractivity contribution in [3.05, 3.63) is 24.8 Å². The monoisotopic (exact) mass is 208 g/mol. The molecule has 13 heavy (non-hydrogen) atoms. The van der Waals surface area contributed by atoms with Crippen LogP contribution >= 0.6 is 8.25 Å². The van der Waals surface area contributed by atoms with Crippen molar-refractivity contribution < 1.29 is 24.3 Å². The third kappa shape index (κ3) is 36.7. The molecule has 1 aromatic rings. The van der Waals surface area contributed by atoms with Crippen LogP contribution in [0.3, 0.4) is 0 Å². The maximum atomic E-state index is 8.74. The van der Waals surface area contributed by atoms with Crippen LogP contribution in [0.5, 0.6) is 0 Å². The van der Waals surface area contributed by atoms with Gasteiger partial charge in [-0.05, 0) is 0 Å². The largest absolute Gasteiger partial charge is 0.483 e. The molecule has 0 saturated heterocycles. The summed E-state index contributed by atoms with van der Waals surface area (Å²) in [4.78, 5) is 30.1. The van der Waals surface area contributed by atoms with Gasteiger partial charge in [0.1, 0.15) is 0 Å². The molecule has 0 aliphatic heterocycles. The first-order valence-electron chi connectivity index (χ1n) is 2.84. The van der Waals surface area contributed by atoms with Gasteiger partial charge in [0, 0.05) is 24.8 Å². The fourth-order valence-electron chi connectivity index (χ4n) is 0.253. The molecular weight excluding hydrogens is 199 g/mol. The number of carboxylic acid groups (broad SMARTS) is 1. The molecular formula is C5H9N2O5P. The van der Waals surface area contributed by atoms with E-state index >= 15 is 0 Å². The summed E-state index contributed by atoms with van der Waals surface area (Å²) in [6.07, 6.45) is 6.56. The lowest BCUT2D eigenvalue weighted by atomic mass is 10.8. The molecule has 0 fully saturated rings. The average molecular weight is 208 g/mol. The van der Waals surface area contributed by atoms with E-state index in [1.807, 2.05) is 0 Å². The normalized spacial score (nSPS) is 7.31. The Labute approximate surface area is 74.7 Å². The zero-order chi connectivity index (χ0) is 10.5. The van der Waals surface area contributed by atoms with Gasteiger partial charge in [0.2, 0.25) is 0 Å². The van der Waals surface area contributed by atoms with E-state index in [4.69, 9.17) is 24.3 Å². The summed E-state index contributed by atoms with van der Waals surface area (Å²) in [6, 6.07) is 0. The summed E-state index contributed by atoms with van der Waals surface area (Å²) in [5.74, 6) is 0. The van der Waals surface area contributed by atoms with Crippen LogP contribution in [0, 0.1) is 0 Å². The third-order valence-electron chi connectivity index (χ3n) is 0.478. The molecule has 8 heteroatoms. The van der Waals surface area contributed by atoms with Crippen molar-refractivity contribution in [3.63, 3.8) is 0 Å². The van der Waals surface area contributed by atoms with E-state index in [2.05, 4.69) is 9.97 Å². The van der Waals surface area contributed by atoms with Crippen LogP contribution in [0.1, 0.15) is 0 Å². The molecule has 0 aliphatic carbocycles. The Morgan fingerprint density at radius 3 is 1.31 bits per heavy atom. The molecule has 0 atom stereocenters. The zero-order valence-corrected chi connectivity index (χ0v) is 7.44. The highest BCUT2D eigenvalue weighted by Crippen LogP contribution is 1.98. The molecule has 7 nitrogen and oxygen atoms in total. The molecule has 1 rings (SSSR count). The number of nitrogens with zero attached hydrogens (tertiary/aromatic N) is 2. The van der Waals surface area contributed by atoms with Gasteiger partial charge in [-0.1, -0.05) is 0 Å². The maximum absolute atomic E-state index is 8.74. The zero-order valence-electron chi connectivity index (χ0n) is 6.44. The van der Waals surface area contributed by atoms with E-state index < -0.39 is 8.25 Å². The van der Waals surface area contributed by atoms with Crippen molar-refractivity contribution in [1.82, 2.24) is 9.97 Å². The van der Waals surface area contributed by atoms with E-state index in [1.54, 1.807) is 24.8 Å². The molecule has 0 amide bonds. The fraction of sp³-hybridized carbons (Fsp3) is 0. The quantitative estimate of drug-likeness (QED) is 0.389. The second kappa shape index (κ2) is 13.3. The lowest BCUT2D eigenvalue weighted by Gasteiger charge is -1.70. The standard InChI is InChI=1S/C4H4N2.CH2O2.H3O3P/c1-2-6-4-3-5-1;2-1-3;1-4(2)3/h1-4H;1H,(H,2,3);4H,(H2,1,2,3). The van der Waals surface area contributed by atoms with Crippen LogP contribution in [-0.4, -0.2) is 31.3 Å². The lowest BCUT2D eigenvalue weighted by Crippen LogP contribution is -1.66.